The maximum atomic E-state index is 11.7. The van der Waals surface area contributed by atoms with Gasteiger partial charge in [-0.1, -0.05) is 0 Å². The quantitative estimate of drug-likeness (QED) is 0.787. The standard InChI is InChI=1S/C16H17N3O2S/c1-11-9-16(20)19(18-11)8-7-15-17-14(10-22-15)12-3-5-13(21-2)6-4-12/h3-6,9-10,18H,7-8H2,1-2H3. The summed E-state index contributed by atoms with van der Waals surface area (Å²) < 4.78 is 6.77. The van der Waals surface area contributed by atoms with E-state index in [-0.39, 0.29) is 5.56 Å². The number of benzene rings is 1. The maximum absolute atomic E-state index is 11.7. The van der Waals surface area contributed by atoms with Crippen molar-refractivity contribution >= 4 is 11.3 Å². The number of nitrogens with one attached hydrogen (secondary N) is 1. The van der Waals surface area contributed by atoms with Crippen LogP contribution in [0.3, 0.4) is 0 Å². The van der Waals surface area contributed by atoms with Crippen molar-refractivity contribution in [2.24, 2.45) is 0 Å². The minimum absolute atomic E-state index is 0.00411. The van der Waals surface area contributed by atoms with Crippen LogP contribution in [0, 0.1) is 6.92 Å². The molecule has 0 saturated carbocycles. The highest BCUT2D eigenvalue weighted by Crippen LogP contribution is 2.24. The zero-order valence-corrected chi connectivity index (χ0v) is 13.3. The van der Waals surface area contributed by atoms with E-state index in [2.05, 4.69) is 10.1 Å². The van der Waals surface area contributed by atoms with E-state index in [1.165, 1.54) is 0 Å². The molecular formula is C16H17N3O2S. The fourth-order valence-corrected chi connectivity index (χ4v) is 3.05. The van der Waals surface area contributed by atoms with Gasteiger partial charge in [0.05, 0.1) is 17.8 Å². The highest BCUT2D eigenvalue weighted by Gasteiger charge is 2.06. The third kappa shape index (κ3) is 3.12. The van der Waals surface area contributed by atoms with Crippen molar-refractivity contribution in [3.8, 4) is 17.0 Å². The Hall–Kier alpha value is -2.34. The third-order valence-corrected chi connectivity index (χ3v) is 4.31. The molecule has 1 aromatic carbocycles. The molecule has 0 unspecified atom stereocenters. The summed E-state index contributed by atoms with van der Waals surface area (Å²) >= 11 is 1.61. The van der Waals surface area contributed by atoms with Gasteiger partial charge in [0.15, 0.2) is 0 Å². The molecule has 0 aliphatic carbocycles. The summed E-state index contributed by atoms with van der Waals surface area (Å²) in [6.45, 7) is 2.49. The summed E-state index contributed by atoms with van der Waals surface area (Å²) in [5.41, 5.74) is 2.90. The lowest BCUT2D eigenvalue weighted by molar-refractivity contribution is 0.415. The highest BCUT2D eigenvalue weighted by atomic mass is 32.1. The van der Waals surface area contributed by atoms with E-state index in [4.69, 9.17) is 4.74 Å². The molecule has 5 nitrogen and oxygen atoms in total. The minimum atomic E-state index is 0.00411. The number of nitrogens with zero attached hydrogens (tertiary/aromatic N) is 2. The number of ether oxygens (including phenoxy) is 1. The van der Waals surface area contributed by atoms with Crippen LogP contribution in [0.2, 0.25) is 0 Å². The predicted molar refractivity (Wildman–Crippen MR) is 87.6 cm³/mol. The summed E-state index contributed by atoms with van der Waals surface area (Å²) in [4.78, 5) is 16.3. The van der Waals surface area contributed by atoms with Crippen molar-refractivity contribution < 1.29 is 4.74 Å². The lowest BCUT2D eigenvalue weighted by atomic mass is 10.2. The van der Waals surface area contributed by atoms with Gasteiger partial charge in [-0.05, 0) is 31.2 Å². The lowest BCUT2D eigenvalue weighted by Crippen LogP contribution is -2.17. The molecule has 3 aromatic rings. The van der Waals surface area contributed by atoms with Gasteiger partial charge in [-0.2, -0.15) is 0 Å². The Morgan fingerprint density at radius 1 is 1.32 bits per heavy atom. The molecule has 3 rings (SSSR count). The Balaban J connectivity index is 1.70. The lowest BCUT2D eigenvalue weighted by Gasteiger charge is -2.01. The van der Waals surface area contributed by atoms with E-state index in [0.29, 0.717) is 6.54 Å². The number of aromatic nitrogens is 3. The van der Waals surface area contributed by atoms with Crippen LogP contribution < -0.4 is 10.3 Å². The van der Waals surface area contributed by atoms with Crippen molar-refractivity contribution in [3.63, 3.8) is 0 Å². The van der Waals surface area contributed by atoms with Gasteiger partial charge >= 0.3 is 0 Å². The molecule has 0 atom stereocenters. The molecule has 0 fully saturated rings. The Morgan fingerprint density at radius 3 is 2.73 bits per heavy atom. The Bertz CT molecular complexity index is 815. The zero-order valence-electron chi connectivity index (χ0n) is 12.5. The first-order valence-electron chi connectivity index (χ1n) is 7.01. The first kappa shape index (κ1) is 14.6. The molecule has 0 aliphatic heterocycles. The number of aromatic amines is 1. The Morgan fingerprint density at radius 2 is 2.09 bits per heavy atom. The second-order valence-electron chi connectivity index (χ2n) is 5.03. The zero-order chi connectivity index (χ0) is 15.5. The van der Waals surface area contributed by atoms with Crippen molar-refractivity contribution in [3.05, 3.63) is 56.8 Å². The molecule has 114 valence electrons. The van der Waals surface area contributed by atoms with Crippen LogP contribution in [0.4, 0.5) is 0 Å². The van der Waals surface area contributed by atoms with Gasteiger partial charge in [0.1, 0.15) is 5.75 Å². The van der Waals surface area contributed by atoms with Gasteiger partial charge < -0.3 is 4.74 Å². The van der Waals surface area contributed by atoms with Crippen LogP contribution in [0.1, 0.15) is 10.7 Å². The number of methoxy groups -OCH3 is 1. The van der Waals surface area contributed by atoms with E-state index >= 15 is 0 Å². The fourth-order valence-electron chi connectivity index (χ4n) is 2.26. The normalized spacial score (nSPS) is 10.8. The number of rotatable bonds is 5. The minimum Gasteiger partial charge on any atom is -0.497 e. The summed E-state index contributed by atoms with van der Waals surface area (Å²) in [7, 11) is 1.65. The van der Waals surface area contributed by atoms with Crippen molar-refractivity contribution in [2.75, 3.05) is 7.11 Å². The Labute approximate surface area is 132 Å². The van der Waals surface area contributed by atoms with Crippen LogP contribution >= 0.6 is 11.3 Å². The smallest absolute Gasteiger partial charge is 0.266 e. The molecule has 0 saturated heterocycles. The van der Waals surface area contributed by atoms with E-state index in [1.807, 2.05) is 36.6 Å². The number of aryl methyl sites for hydroxylation is 3. The average Bonchev–Trinajstić information content (AvgIpc) is 3.12. The van der Waals surface area contributed by atoms with Crippen molar-refractivity contribution in [1.29, 1.82) is 0 Å². The van der Waals surface area contributed by atoms with Gasteiger partial charge in [0.2, 0.25) is 0 Å². The number of thiazole rings is 1. The first-order valence-corrected chi connectivity index (χ1v) is 7.89. The second kappa shape index (κ2) is 6.19. The average molecular weight is 315 g/mol. The molecule has 2 aromatic heterocycles. The monoisotopic (exact) mass is 315 g/mol. The molecule has 1 N–H and O–H groups in total. The largest absolute Gasteiger partial charge is 0.497 e. The third-order valence-electron chi connectivity index (χ3n) is 3.40. The summed E-state index contributed by atoms with van der Waals surface area (Å²) in [6.07, 6.45) is 0.737. The van der Waals surface area contributed by atoms with Crippen LogP contribution in [-0.4, -0.2) is 21.9 Å². The van der Waals surface area contributed by atoms with Gasteiger partial charge in [-0.3, -0.25) is 14.6 Å². The summed E-state index contributed by atoms with van der Waals surface area (Å²) in [5, 5.41) is 6.09. The molecule has 22 heavy (non-hydrogen) atoms. The second-order valence-corrected chi connectivity index (χ2v) is 5.98. The molecule has 0 aliphatic rings. The van der Waals surface area contributed by atoms with E-state index in [1.54, 1.807) is 29.2 Å². The first-order chi connectivity index (χ1) is 10.7. The fraction of sp³-hybridized carbons (Fsp3) is 0.250. The van der Waals surface area contributed by atoms with Crippen LogP contribution in [0.25, 0.3) is 11.3 Å². The molecular weight excluding hydrogens is 298 g/mol. The maximum Gasteiger partial charge on any atom is 0.266 e. The molecule has 6 heteroatoms. The molecule has 0 amide bonds. The van der Waals surface area contributed by atoms with Crippen molar-refractivity contribution in [2.45, 2.75) is 19.9 Å². The number of H-pyrrole nitrogens is 1. The number of hydrogen-bond donors (Lipinski definition) is 1. The van der Waals surface area contributed by atoms with Gasteiger partial charge in [0.25, 0.3) is 5.56 Å². The van der Waals surface area contributed by atoms with Crippen LogP contribution in [-0.2, 0) is 13.0 Å². The van der Waals surface area contributed by atoms with Gasteiger partial charge in [-0.25, -0.2) is 4.98 Å². The summed E-state index contributed by atoms with van der Waals surface area (Å²) in [5.74, 6) is 0.834. The topological polar surface area (TPSA) is 59.9 Å². The SMILES string of the molecule is COc1ccc(-c2csc(CCn3[nH]c(C)cc3=O)n2)cc1. The van der Waals surface area contributed by atoms with E-state index in [9.17, 15) is 4.79 Å². The van der Waals surface area contributed by atoms with Crippen molar-refractivity contribution in [1.82, 2.24) is 14.8 Å². The van der Waals surface area contributed by atoms with Gasteiger partial charge in [0, 0.05) is 35.7 Å². The van der Waals surface area contributed by atoms with Crippen LogP contribution in [0.5, 0.6) is 5.75 Å². The molecule has 0 radical (unpaired) electrons. The van der Waals surface area contributed by atoms with Crippen LogP contribution in [0.15, 0.2) is 40.5 Å². The number of hydrogen-bond acceptors (Lipinski definition) is 4. The molecule has 0 bridgehead atoms. The molecule has 2 heterocycles. The predicted octanol–water partition coefficient (Wildman–Crippen LogP) is 2.86. The van der Waals surface area contributed by atoms with E-state index in [0.717, 1.165) is 34.1 Å². The van der Waals surface area contributed by atoms with E-state index < -0.39 is 0 Å². The highest BCUT2D eigenvalue weighted by molar-refractivity contribution is 7.09. The van der Waals surface area contributed by atoms with Gasteiger partial charge in [-0.15, -0.1) is 11.3 Å². The summed E-state index contributed by atoms with van der Waals surface area (Å²) in [6, 6.07) is 9.45. The molecule has 0 spiro atoms. The Kier molecular flexibility index (Phi) is 4.11.